The predicted molar refractivity (Wildman–Crippen MR) is 62.1 cm³/mol. The van der Waals surface area contributed by atoms with Gasteiger partial charge in [0.1, 0.15) is 0 Å². The minimum absolute atomic E-state index is 0.189. The molecule has 88 valence electrons. The first-order valence-electron chi connectivity index (χ1n) is 6.12. The molecule has 1 unspecified atom stereocenters. The molecule has 0 aromatic heterocycles. The first-order chi connectivity index (χ1) is 7.12. The standard InChI is InChI=1S/C12H24N2O/c1-12(2,9-15-3)14-7-6-11(8-14)13-10-4-5-10/h10-11,13H,4-9H2,1-3H3. The molecule has 1 saturated carbocycles. The van der Waals surface area contributed by atoms with Gasteiger partial charge in [-0.05, 0) is 33.1 Å². The monoisotopic (exact) mass is 212 g/mol. The number of nitrogens with one attached hydrogen (secondary N) is 1. The molecule has 1 N–H and O–H groups in total. The molecule has 1 saturated heterocycles. The van der Waals surface area contributed by atoms with Gasteiger partial charge in [0, 0.05) is 37.8 Å². The van der Waals surface area contributed by atoms with E-state index in [1.54, 1.807) is 7.11 Å². The first-order valence-corrected chi connectivity index (χ1v) is 6.12. The van der Waals surface area contributed by atoms with Crippen molar-refractivity contribution < 1.29 is 4.74 Å². The third-order valence-corrected chi connectivity index (χ3v) is 3.59. The largest absolute Gasteiger partial charge is 0.383 e. The number of likely N-dealkylation sites (tertiary alicyclic amines) is 1. The lowest BCUT2D eigenvalue weighted by Gasteiger charge is -2.35. The van der Waals surface area contributed by atoms with Crippen molar-refractivity contribution >= 4 is 0 Å². The van der Waals surface area contributed by atoms with E-state index in [1.165, 1.54) is 32.4 Å². The Morgan fingerprint density at radius 3 is 2.60 bits per heavy atom. The molecule has 0 spiro atoms. The lowest BCUT2D eigenvalue weighted by atomic mass is 10.1. The van der Waals surface area contributed by atoms with Crippen molar-refractivity contribution in [3.05, 3.63) is 0 Å². The Bertz CT molecular complexity index is 214. The molecule has 0 amide bonds. The van der Waals surface area contributed by atoms with E-state index in [1.807, 2.05) is 0 Å². The maximum atomic E-state index is 5.29. The van der Waals surface area contributed by atoms with Crippen LogP contribution in [-0.4, -0.2) is 49.3 Å². The summed E-state index contributed by atoms with van der Waals surface area (Å²) < 4.78 is 5.29. The zero-order valence-electron chi connectivity index (χ0n) is 10.3. The molecule has 2 rings (SSSR count). The minimum atomic E-state index is 0.189. The normalized spacial score (nSPS) is 28.6. The van der Waals surface area contributed by atoms with Gasteiger partial charge in [-0.2, -0.15) is 0 Å². The summed E-state index contributed by atoms with van der Waals surface area (Å²) in [6.45, 7) is 7.77. The van der Waals surface area contributed by atoms with Gasteiger partial charge >= 0.3 is 0 Å². The molecule has 0 aromatic carbocycles. The van der Waals surface area contributed by atoms with Crippen LogP contribution in [0.3, 0.4) is 0 Å². The quantitative estimate of drug-likeness (QED) is 0.742. The van der Waals surface area contributed by atoms with E-state index in [0.717, 1.165) is 12.6 Å². The van der Waals surface area contributed by atoms with E-state index < -0.39 is 0 Å². The van der Waals surface area contributed by atoms with Gasteiger partial charge in [0.15, 0.2) is 0 Å². The molecule has 1 heterocycles. The van der Waals surface area contributed by atoms with Gasteiger partial charge in [-0.1, -0.05) is 0 Å². The fraction of sp³-hybridized carbons (Fsp3) is 1.00. The van der Waals surface area contributed by atoms with Crippen LogP contribution in [0.25, 0.3) is 0 Å². The van der Waals surface area contributed by atoms with Crippen LogP contribution in [0.15, 0.2) is 0 Å². The highest BCUT2D eigenvalue weighted by Crippen LogP contribution is 2.25. The molecule has 0 radical (unpaired) electrons. The van der Waals surface area contributed by atoms with Crippen molar-refractivity contribution in [2.45, 2.75) is 50.7 Å². The molecular formula is C12H24N2O. The van der Waals surface area contributed by atoms with Crippen LogP contribution in [0, 0.1) is 0 Å². The number of nitrogens with zero attached hydrogens (tertiary/aromatic N) is 1. The summed E-state index contributed by atoms with van der Waals surface area (Å²) in [6.07, 6.45) is 4.07. The molecule has 0 aromatic rings. The molecular weight excluding hydrogens is 188 g/mol. The Labute approximate surface area is 93.2 Å². The van der Waals surface area contributed by atoms with Crippen LogP contribution < -0.4 is 5.32 Å². The predicted octanol–water partition coefficient (Wildman–Crippen LogP) is 1.24. The van der Waals surface area contributed by atoms with E-state index in [0.29, 0.717) is 6.04 Å². The topological polar surface area (TPSA) is 24.5 Å². The Balaban J connectivity index is 1.79. The highest BCUT2D eigenvalue weighted by Gasteiger charge is 2.35. The lowest BCUT2D eigenvalue weighted by molar-refractivity contribution is 0.0478. The van der Waals surface area contributed by atoms with Crippen LogP contribution in [-0.2, 0) is 4.74 Å². The average Bonchev–Trinajstić information content (AvgIpc) is 2.81. The maximum absolute atomic E-state index is 5.29. The van der Waals surface area contributed by atoms with E-state index in [-0.39, 0.29) is 5.54 Å². The number of hydrogen-bond donors (Lipinski definition) is 1. The van der Waals surface area contributed by atoms with Gasteiger partial charge in [-0.25, -0.2) is 0 Å². The van der Waals surface area contributed by atoms with Gasteiger partial charge in [0.25, 0.3) is 0 Å². The SMILES string of the molecule is COCC(C)(C)N1CCC(NC2CC2)C1. The summed E-state index contributed by atoms with van der Waals surface area (Å²) in [5.74, 6) is 0. The average molecular weight is 212 g/mol. The van der Waals surface area contributed by atoms with Crippen LogP contribution >= 0.6 is 0 Å². The molecule has 1 aliphatic heterocycles. The Morgan fingerprint density at radius 1 is 1.27 bits per heavy atom. The van der Waals surface area contributed by atoms with Gasteiger partial charge in [0.2, 0.25) is 0 Å². The van der Waals surface area contributed by atoms with Gasteiger partial charge < -0.3 is 10.1 Å². The molecule has 2 fully saturated rings. The fourth-order valence-corrected chi connectivity index (χ4v) is 2.47. The molecule has 0 bridgehead atoms. The van der Waals surface area contributed by atoms with Crippen molar-refractivity contribution in [2.24, 2.45) is 0 Å². The molecule has 3 nitrogen and oxygen atoms in total. The van der Waals surface area contributed by atoms with Crippen LogP contribution in [0.4, 0.5) is 0 Å². The Hall–Kier alpha value is -0.120. The van der Waals surface area contributed by atoms with E-state index >= 15 is 0 Å². The fourth-order valence-electron chi connectivity index (χ4n) is 2.47. The summed E-state index contributed by atoms with van der Waals surface area (Å²) in [5, 5.41) is 3.71. The minimum Gasteiger partial charge on any atom is -0.383 e. The number of rotatable bonds is 5. The van der Waals surface area contributed by atoms with Crippen molar-refractivity contribution in [3.8, 4) is 0 Å². The summed E-state index contributed by atoms with van der Waals surface area (Å²) in [5.41, 5.74) is 0.189. The molecule has 1 atom stereocenters. The number of hydrogen-bond acceptors (Lipinski definition) is 3. The van der Waals surface area contributed by atoms with Gasteiger partial charge in [-0.15, -0.1) is 0 Å². The van der Waals surface area contributed by atoms with Crippen molar-refractivity contribution in [2.75, 3.05) is 26.8 Å². The number of methoxy groups -OCH3 is 1. The first kappa shape index (κ1) is 11.4. The summed E-state index contributed by atoms with van der Waals surface area (Å²) in [7, 11) is 1.79. The van der Waals surface area contributed by atoms with Crippen LogP contribution in [0.5, 0.6) is 0 Å². The smallest absolute Gasteiger partial charge is 0.0641 e. The van der Waals surface area contributed by atoms with Crippen LogP contribution in [0.1, 0.15) is 33.1 Å². The van der Waals surface area contributed by atoms with Gasteiger partial charge in [0.05, 0.1) is 6.61 Å². The van der Waals surface area contributed by atoms with Crippen molar-refractivity contribution in [1.82, 2.24) is 10.2 Å². The second-order valence-electron chi connectivity index (χ2n) is 5.62. The second-order valence-corrected chi connectivity index (χ2v) is 5.62. The summed E-state index contributed by atoms with van der Waals surface area (Å²) in [4.78, 5) is 2.55. The zero-order valence-corrected chi connectivity index (χ0v) is 10.3. The Kier molecular flexibility index (Phi) is 3.33. The van der Waals surface area contributed by atoms with Gasteiger partial charge in [-0.3, -0.25) is 4.90 Å². The maximum Gasteiger partial charge on any atom is 0.0641 e. The van der Waals surface area contributed by atoms with Crippen molar-refractivity contribution in [3.63, 3.8) is 0 Å². The third-order valence-electron chi connectivity index (χ3n) is 3.59. The zero-order chi connectivity index (χ0) is 10.9. The molecule has 3 heteroatoms. The third kappa shape index (κ3) is 2.92. The molecule has 1 aliphatic carbocycles. The highest BCUT2D eigenvalue weighted by molar-refractivity contribution is 4.94. The van der Waals surface area contributed by atoms with E-state index in [9.17, 15) is 0 Å². The highest BCUT2D eigenvalue weighted by atomic mass is 16.5. The van der Waals surface area contributed by atoms with E-state index in [4.69, 9.17) is 4.74 Å². The Morgan fingerprint density at radius 2 is 2.00 bits per heavy atom. The van der Waals surface area contributed by atoms with Crippen molar-refractivity contribution in [1.29, 1.82) is 0 Å². The molecule has 15 heavy (non-hydrogen) atoms. The molecule has 2 aliphatic rings. The number of ether oxygens (including phenoxy) is 1. The second kappa shape index (κ2) is 4.40. The van der Waals surface area contributed by atoms with E-state index in [2.05, 4.69) is 24.1 Å². The van der Waals surface area contributed by atoms with Crippen LogP contribution in [0.2, 0.25) is 0 Å². The lowest BCUT2D eigenvalue weighted by Crippen LogP contribution is -2.47. The summed E-state index contributed by atoms with van der Waals surface area (Å²) >= 11 is 0. The summed E-state index contributed by atoms with van der Waals surface area (Å²) in [6, 6.07) is 1.55.